The molecule has 49 heavy (non-hydrogen) atoms. The van der Waals surface area contributed by atoms with Gasteiger partial charge in [-0.15, -0.1) is 21.5 Å². The van der Waals surface area contributed by atoms with Crippen LogP contribution in [0.1, 0.15) is 10.5 Å². The number of para-hydroxylation sites is 2. The van der Waals surface area contributed by atoms with Crippen LogP contribution in [0.25, 0.3) is 56.2 Å². The van der Waals surface area contributed by atoms with Gasteiger partial charge in [0.2, 0.25) is 11.9 Å². The van der Waals surface area contributed by atoms with Crippen LogP contribution < -0.4 is 16.4 Å². The Bertz CT molecular complexity index is 2480. The van der Waals surface area contributed by atoms with E-state index in [1.165, 1.54) is 22.3 Å². The molecule has 0 radical (unpaired) electrons. The number of nitrogens with one attached hydrogen (secondary N) is 4. The van der Waals surface area contributed by atoms with E-state index in [1.54, 1.807) is 60.7 Å². The molecule has 0 aliphatic carbocycles. The van der Waals surface area contributed by atoms with Gasteiger partial charge in [-0.05, 0) is 47.8 Å². The SMILES string of the molecule is O=C(Nc1n[nH]c(-c2cccc(-c3cccc(-c4nc(NC(O)Cn5c(=O)oc6ccccc65)n[nH]4)n3)n2)n1)c1ncoc1-c1cccs1. The van der Waals surface area contributed by atoms with Crippen molar-refractivity contribution in [2.45, 2.75) is 12.8 Å². The summed E-state index contributed by atoms with van der Waals surface area (Å²) in [5, 5.41) is 31.7. The molecule has 0 bridgehead atoms. The standard InChI is InChI=1S/C31H22N12O5S/c44-23(14-43-20-10-1-2-11-21(20)48-31(43)46)35-29-36-26(39-41-29)18-8-3-6-16(33-18)17-7-4-9-19(34-17)27-37-30(42-40-27)38-28(45)24-25(47-15-32-24)22-12-5-13-49-22/h1-13,15,23,44H,14H2,(H2,35,36,39,41)(H2,37,38,40,42,45). The van der Waals surface area contributed by atoms with Crippen molar-refractivity contribution < 1.29 is 18.7 Å². The smallest absolute Gasteiger partial charge is 0.420 e. The summed E-state index contributed by atoms with van der Waals surface area (Å²) in [6.07, 6.45) is 0.0226. The van der Waals surface area contributed by atoms with E-state index >= 15 is 0 Å². The lowest BCUT2D eigenvalue weighted by Crippen LogP contribution is -2.29. The third kappa shape index (κ3) is 5.95. The molecule has 1 unspecified atom stereocenters. The number of aromatic amines is 2. The third-order valence-electron chi connectivity index (χ3n) is 7.19. The molecule has 0 fully saturated rings. The third-order valence-corrected chi connectivity index (χ3v) is 8.06. The van der Waals surface area contributed by atoms with Crippen molar-refractivity contribution in [1.29, 1.82) is 0 Å². The number of carbonyl (C=O) groups excluding carboxylic acids is 1. The van der Waals surface area contributed by atoms with E-state index in [9.17, 15) is 14.7 Å². The van der Waals surface area contributed by atoms with E-state index in [1.807, 2.05) is 17.5 Å². The molecule has 8 rings (SSSR count). The van der Waals surface area contributed by atoms with E-state index in [4.69, 9.17) is 8.83 Å². The first-order valence-electron chi connectivity index (χ1n) is 14.6. The number of benzene rings is 1. The van der Waals surface area contributed by atoms with Crippen molar-refractivity contribution in [3.8, 4) is 45.1 Å². The van der Waals surface area contributed by atoms with Gasteiger partial charge in [-0.2, -0.15) is 9.97 Å². The predicted molar refractivity (Wildman–Crippen MR) is 176 cm³/mol. The van der Waals surface area contributed by atoms with E-state index in [0.29, 0.717) is 51.3 Å². The summed E-state index contributed by atoms with van der Waals surface area (Å²) in [6.45, 7) is -0.0906. The van der Waals surface area contributed by atoms with E-state index < -0.39 is 17.9 Å². The lowest BCUT2D eigenvalue weighted by molar-refractivity contribution is 0.102. The number of rotatable bonds is 10. The monoisotopic (exact) mass is 674 g/mol. The molecule has 0 aliphatic rings. The molecular weight excluding hydrogens is 652 g/mol. The Morgan fingerprint density at radius 1 is 0.857 bits per heavy atom. The van der Waals surface area contributed by atoms with E-state index in [-0.39, 0.29) is 24.1 Å². The number of anilines is 2. The Kier molecular flexibility index (Phi) is 7.51. The number of nitrogens with zero attached hydrogens (tertiary/aromatic N) is 8. The van der Waals surface area contributed by atoms with Crippen molar-refractivity contribution in [1.82, 2.24) is 49.9 Å². The van der Waals surface area contributed by atoms with Crippen molar-refractivity contribution in [3.05, 3.63) is 101 Å². The number of H-pyrrole nitrogens is 2. The minimum absolute atomic E-state index is 0.0393. The van der Waals surface area contributed by atoms with Gasteiger partial charge in [0.05, 0.1) is 28.3 Å². The Morgan fingerprint density at radius 2 is 1.55 bits per heavy atom. The Morgan fingerprint density at radius 3 is 2.29 bits per heavy atom. The molecule has 0 aliphatic heterocycles. The van der Waals surface area contributed by atoms with Crippen LogP contribution in [-0.2, 0) is 6.54 Å². The maximum Gasteiger partial charge on any atom is 0.420 e. The van der Waals surface area contributed by atoms with Crippen molar-refractivity contribution in [2.75, 3.05) is 10.6 Å². The molecule has 17 nitrogen and oxygen atoms in total. The van der Waals surface area contributed by atoms with Gasteiger partial charge < -0.3 is 19.3 Å². The number of oxazole rings is 2. The minimum atomic E-state index is -1.19. The highest BCUT2D eigenvalue weighted by Gasteiger charge is 2.21. The number of pyridine rings is 2. The minimum Gasteiger partial charge on any atom is -0.442 e. The van der Waals surface area contributed by atoms with Crippen molar-refractivity contribution in [3.63, 3.8) is 0 Å². The van der Waals surface area contributed by atoms with Gasteiger partial charge in [0.25, 0.3) is 5.91 Å². The molecule has 7 aromatic heterocycles. The molecule has 7 heterocycles. The Hall–Kier alpha value is -6.79. The summed E-state index contributed by atoms with van der Waals surface area (Å²) >= 11 is 1.43. The quantitative estimate of drug-likeness (QED) is 0.129. The zero-order valence-electron chi connectivity index (χ0n) is 24.9. The van der Waals surface area contributed by atoms with Crippen LogP contribution in [-0.4, -0.2) is 67.1 Å². The average molecular weight is 675 g/mol. The van der Waals surface area contributed by atoms with Gasteiger partial charge in [0, 0.05) is 0 Å². The first kappa shape index (κ1) is 29.6. The Labute approximate surface area is 277 Å². The number of thiophene rings is 1. The first-order chi connectivity index (χ1) is 24.0. The molecule has 1 atom stereocenters. The van der Waals surface area contributed by atoms with E-state index in [0.717, 1.165) is 4.88 Å². The van der Waals surface area contributed by atoms with Gasteiger partial charge >= 0.3 is 5.76 Å². The molecule has 0 saturated carbocycles. The van der Waals surface area contributed by atoms with E-state index in [2.05, 4.69) is 55.9 Å². The summed E-state index contributed by atoms with van der Waals surface area (Å²) in [7, 11) is 0. The molecule has 5 N–H and O–H groups in total. The number of aliphatic hydroxyl groups is 1. The van der Waals surface area contributed by atoms with Gasteiger partial charge in [-0.3, -0.25) is 24.9 Å². The second kappa shape index (κ2) is 12.4. The van der Waals surface area contributed by atoms with Crippen molar-refractivity contribution in [2.24, 2.45) is 0 Å². The maximum atomic E-state index is 12.9. The molecule has 242 valence electrons. The Balaban J connectivity index is 0.956. The second-order valence-electron chi connectivity index (χ2n) is 10.4. The molecular formula is C31H22N12O5S. The maximum absolute atomic E-state index is 12.9. The zero-order chi connectivity index (χ0) is 33.3. The molecule has 0 spiro atoms. The molecule has 0 saturated heterocycles. The summed E-state index contributed by atoms with van der Waals surface area (Å²) in [6, 6.07) is 21.3. The van der Waals surface area contributed by atoms with Gasteiger partial charge in [-0.25, -0.2) is 19.7 Å². The number of amides is 1. The van der Waals surface area contributed by atoms with Crippen LogP contribution in [0.2, 0.25) is 0 Å². The van der Waals surface area contributed by atoms with Gasteiger partial charge in [0.15, 0.2) is 35.1 Å². The van der Waals surface area contributed by atoms with Crippen LogP contribution in [0, 0.1) is 0 Å². The van der Waals surface area contributed by atoms with Gasteiger partial charge in [-0.1, -0.05) is 30.3 Å². The fourth-order valence-corrected chi connectivity index (χ4v) is 5.71. The molecule has 1 aromatic carbocycles. The van der Waals surface area contributed by atoms with Crippen LogP contribution in [0.4, 0.5) is 11.9 Å². The normalized spacial score (nSPS) is 11.9. The fraction of sp³-hybridized carbons (Fsp3) is 0.0645. The number of fused-ring (bicyclic) bond motifs is 1. The van der Waals surface area contributed by atoms with Crippen LogP contribution in [0.3, 0.4) is 0 Å². The molecule has 18 heteroatoms. The van der Waals surface area contributed by atoms with Gasteiger partial charge in [0.1, 0.15) is 17.6 Å². The highest BCUT2D eigenvalue weighted by molar-refractivity contribution is 7.13. The summed E-state index contributed by atoms with van der Waals surface area (Å²) in [5.41, 5.74) is 3.11. The average Bonchev–Trinajstić information content (AvgIpc) is 3.96. The largest absolute Gasteiger partial charge is 0.442 e. The summed E-state index contributed by atoms with van der Waals surface area (Å²) < 4.78 is 12.0. The zero-order valence-corrected chi connectivity index (χ0v) is 25.8. The highest BCUT2D eigenvalue weighted by atomic mass is 32.1. The number of aromatic nitrogens is 10. The molecule has 8 aromatic rings. The first-order valence-corrected chi connectivity index (χ1v) is 15.5. The lowest BCUT2D eigenvalue weighted by Gasteiger charge is -2.11. The number of hydrogen-bond donors (Lipinski definition) is 5. The topological polar surface area (TPSA) is 231 Å². The summed E-state index contributed by atoms with van der Waals surface area (Å²) in [5.74, 6) is 0.0598. The predicted octanol–water partition coefficient (Wildman–Crippen LogP) is 4.02. The second-order valence-corrected chi connectivity index (χ2v) is 11.3. The van der Waals surface area contributed by atoms with Crippen LogP contribution >= 0.6 is 11.3 Å². The van der Waals surface area contributed by atoms with Crippen molar-refractivity contribution >= 4 is 40.2 Å². The fourth-order valence-electron chi connectivity index (χ4n) is 5.00. The van der Waals surface area contributed by atoms with Crippen LogP contribution in [0.5, 0.6) is 0 Å². The lowest BCUT2D eigenvalue weighted by atomic mass is 10.2. The van der Waals surface area contributed by atoms with Crippen LogP contribution in [0.15, 0.2) is 98.2 Å². The summed E-state index contributed by atoms with van der Waals surface area (Å²) in [4.78, 5) is 48.1. The molecule has 1 amide bonds. The number of hydrogen-bond acceptors (Lipinski definition) is 14. The highest BCUT2D eigenvalue weighted by Crippen LogP contribution is 2.28. The number of carbonyl (C=O) groups is 1. The number of aliphatic hydroxyl groups excluding tert-OH is 1.